The van der Waals surface area contributed by atoms with Gasteiger partial charge in [0.2, 0.25) is 5.91 Å². The summed E-state index contributed by atoms with van der Waals surface area (Å²) in [7, 11) is 0. The first-order valence-electron chi connectivity index (χ1n) is 10.4. The number of thiazole rings is 1. The molecule has 0 saturated carbocycles. The van der Waals surface area contributed by atoms with Crippen LogP contribution in [0.2, 0.25) is 0 Å². The second-order valence-electron chi connectivity index (χ2n) is 7.63. The molecule has 5 nitrogen and oxygen atoms in total. The van der Waals surface area contributed by atoms with Crippen molar-refractivity contribution in [2.24, 2.45) is 0 Å². The Kier molecular flexibility index (Phi) is 6.72. The number of carbonyl (C=O) groups is 2. The molecule has 0 radical (unpaired) electrons. The molecule has 2 amide bonds. The Hall–Kier alpha value is -3.06. The van der Waals surface area contributed by atoms with Crippen LogP contribution in [0.25, 0.3) is 10.6 Å². The summed E-state index contributed by atoms with van der Waals surface area (Å²) in [6.07, 6.45) is 4.15. The topological polar surface area (TPSA) is 62.3 Å². The average Bonchev–Trinajstić information content (AvgIpc) is 3.29. The summed E-state index contributed by atoms with van der Waals surface area (Å²) in [5.74, 6) is -0.390. The van der Waals surface area contributed by atoms with Gasteiger partial charge >= 0.3 is 0 Å². The van der Waals surface area contributed by atoms with Gasteiger partial charge in [-0.2, -0.15) is 0 Å². The molecular weight excluding hydrogens is 413 g/mol. The standard InChI is InChI=1S/C24H24FN3O2S/c25-20-9-5-4-8-19(20)23-26-16-21(31-23)24(30)28-14-12-18(13-15-28)27-22(29)11-10-17-6-2-1-3-7-17/h1-9,16,18H,10-15H2,(H,27,29). The van der Waals surface area contributed by atoms with Gasteiger partial charge in [0.15, 0.2) is 0 Å². The number of aromatic nitrogens is 1. The van der Waals surface area contributed by atoms with Crippen LogP contribution in [-0.4, -0.2) is 40.8 Å². The molecule has 2 aromatic carbocycles. The minimum atomic E-state index is -0.348. The molecule has 0 spiro atoms. The average molecular weight is 438 g/mol. The molecule has 1 aliphatic heterocycles. The first-order valence-corrected chi connectivity index (χ1v) is 11.2. The number of carbonyl (C=O) groups excluding carboxylic acids is 2. The van der Waals surface area contributed by atoms with E-state index in [-0.39, 0.29) is 23.7 Å². The predicted octanol–water partition coefficient (Wildman–Crippen LogP) is 4.30. The number of rotatable bonds is 6. The van der Waals surface area contributed by atoms with E-state index in [4.69, 9.17) is 0 Å². The van der Waals surface area contributed by atoms with E-state index < -0.39 is 0 Å². The van der Waals surface area contributed by atoms with Gasteiger partial charge in [-0.1, -0.05) is 42.5 Å². The van der Waals surface area contributed by atoms with E-state index in [2.05, 4.69) is 10.3 Å². The maximum Gasteiger partial charge on any atom is 0.265 e. The monoisotopic (exact) mass is 437 g/mol. The minimum Gasteiger partial charge on any atom is -0.353 e. The summed E-state index contributed by atoms with van der Waals surface area (Å²) in [6, 6.07) is 16.5. The minimum absolute atomic E-state index is 0.0469. The summed E-state index contributed by atoms with van der Waals surface area (Å²) in [5.41, 5.74) is 1.56. The third-order valence-electron chi connectivity index (χ3n) is 5.45. The van der Waals surface area contributed by atoms with Gasteiger partial charge in [0, 0.05) is 31.1 Å². The Labute approximate surface area is 184 Å². The summed E-state index contributed by atoms with van der Waals surface area (Å²) >= 11 is 1.21. The molecule has 160 valence electrons. The lowest BCUT2D eigenvalue weighted by Crippen LogP contribution is -2.46. The van der Waals surface area contributed by atoms with E-state index in [9.17, 15) is 14.0 Å². The molecule has 0 bridgehead atoms. The molecule has 3 aromatic rings. The van der Waals surface area contributed by atoms with E-state index in [1.165, 1.54) is 23.6 Å². The van der Waals surface area contributed by atoms with Gasteiger partial charge in [0.05, 0.1) is 6.20 Å². The number of amides is 2. The molecule has 1 aromatic heterocycles. The van der Waals surface area contributed by atoms with Gasteiger partial charge in [-0.15, -0.1) is 11.3 Å². The normalized spacial score (nSPS) is 14.4. The van der Waals surface area contributed by atoms with Crippen LogP contribution < -0.4 is 5.32 Å². The van der Waals surface area contributed by atoms with Crippen LogP contribution in [0.3, 0.4) is 0 Å². The summed E-state index contributed by atoms with van der Waals surface area (Å²) < 4.78 is 14.0. The first-order chi connectivity index (χ1) is 15.1. The number of nitrogens with one attached hydrogen (secondary N) is 1. The number of halogens is 1. The molecule has 1 saturated heterocycles. The number of hydrogen-bond acceptors (Lipinski definition) is 4. The molecule has 0 aliphatic carbocycles. The van der Waals surface area contributed by atoms with Crippen molar-refractivity contribution in [2.45, 2.75) is 31.7 Å². The van der Waals surface area contributed by atoms with E-state index in [1.54, 1.807) is 23.1 Å². The molecule has 2 heterocycles. The number of likely N-dealkylation sites (tertiary alicyclic amines) is 1. The quantitative estimate of drug-likeness (QED) is 0.625. The van der Waals surface area contributed by atoms with Gasteiger partial charge in [0.1, 0.15) is 15.7 Å². The molecule has 31 heavy (non-hydrogen) atoms. The molecular formula is C24H24FN3O2S. The zero-order valence-electron chi connectivity index (χ0n) is 17.1. The maximum absolute atomic E-state index is 14.0. The number of benzene rings is 2. The fourth-order valence-electron chi connectivity index (χ4n) is 3.72. The lowest BCUT2D eigenvalue weighted by atomic mass is 10.0. The Morgan fingerprint density at radius 1 is 1.06 bits per heavy atom. The van der Waals surface area contributed by atoms with Crippen molar-refractivity contribution in [3.63, 3.8) is 0 Å². The Morgan fingerprint density at radius 3 is 2.52 bits per heavy atom. The summed E-state index contributed by atoms with van der Waals surface area (Å²) in [5, 5.41) is 3.59. The smallest absolute Gasteiger partial charge is 0.265 e. The van der Waals surface area contributed by atoms with Crippen LogP contribution >= 0.6 is 11.3 Å². The van der Waals surface area contributed by atoms with Gasteiger partial charge in [-0.25, -0.2) is 9.37 Å². The lowest BCUT2D eigenvalue weighted by molar-refractivity contribution is -0.122. The Bertz CT molecular complexity index is 1050. The molecule has 0 atom stereocenters. The van der Waals surface area contributed by atoms with Crippen LogP contribution in [0, 0.1) is 5.82 Å². The van der Waals surface area contributed by atoms with Crippen molar-refractivity contribution >= 4 is 23.2 Å². The molecule has 1 N–H and O–H groups in total. The van der Waals surface area contributed by atoms with Crippen LogP contribution in [0.15, 0.2) is 60.8 Å². The third-order valence-corrected chi connectivity index (χ3v) is 6.47. The van der Waals surface area contributed by atoms with E-state index in [0.29, 0.717) is 35.0 Å². The molecule has 7 heteroatoms. The first kappa shape index (κ1) is 21.2. The Morgan fingerprint density at radius 2 is 1.77 bits per heavy atom. The fraction of sp³-hybridized carbons (Fsp3) is 0.292. The fourth-order valence-corrected chi connectivity index (χ4v) is 4.63. The number of hydrogen-bond donors (Lipinski definition) is 1. The highest BCUT2D eigenvalue weighted by Gasteiger charge is 2.26. The van der Waals surface area contributed by atoms with Crippen molar-refractivity contribution in [3.8, 4) is 10.6 Å². The third kappa shape index (κ3) is 5.35. The maximum atomic E-state index is 14.0. The number of piperidine rings is 1. The molecule has 0 unspecified atom stereocenters. The van der Waals surface area contributed by atoms with Gasteiger partial charge in [-0.05, 0) is 37.0 Å². The number of aryl methyl sites for hydroxylation is 1. The zero-order valence-corrected chi connectivity index (χ0v) is 17.9. The van der Waals surface area contributed by atoms with Gasteiger partial charge in [0.25, 0.3) is 5.91 Å². The molecule has 4 rings (SSSR count). The van der Waals surface area contributed by atoms with Crippen LogP contribution in [0.1, 0.15) is 34.5 Å². The van der Waals surface area contributed by atoms with Crippen molar-refractivity contribution in [2.75, 3.05) is 13.1 Å². The summed E-state index contributed by atoms with van der Waals surface area (Å²) in [6.45, 7) is 1.16. The van der Waals surface area contributed by atoms with Gasteiger partial charge < -0.3 is 10.2 Å². The van der Waals surface area contributed by atoms with Crippen molar-refractivity contribution in [3.05, 3.63) is 77.1 Å². The van der Waals surface area contributed by atoms with Crippen LogP contribution in [-0.2, 0) is 11.2 Å². The SMILES string of the molecule is O=C(CCc1ccccc1)NC1CCN(C(=O)c2cnc(-c3ccccc3F)s2)CC1. The van der Waals surface area contributed by atoms with Crippen molar-refractivity contribution in [1.29, 1.82) is 0 Å². The van der Waals surface area contributed by atoms with Gasteiger partial charge in [-0.3, -0.25) is 9.59 Å². The van der Waals surface area contributed by atoms with Crippen LogP contribution in [0.4, 0.5) is 4.39 Å². The largest absolute Gasteiger partial charge is 0.353 e. The second kappa shape index (κ2) is 9.83. The highest BCUT2D eigenvalue weighted by molar-refractivity contribution is 7.16. The van der Waals surface area contributed by atoms with Crippen molar-refractivity contribution in [1.82, 2.24) is 15.2 Å². The van der Waals surface area contributed by atoms with E-state index in [1.807, 2.05) is 30.3 Å². The van der Waals surface area contributed by atoms with Crippen LogP contribution in [0.5, 0.6) is 0 Å². The van der Waals surface area contributed by atoms with E-state index >= 15 is 0 Å². The second-order valence-corrected chi connectivity index (χ2v) is 8.66. The molecule has 1 fully saturated rings. The highest BCUT2D eigenvalue weighted by atomic mass is 32.1. The zero-order chi connectivity index (χ0) is 21.6. The number of nitrogens with zero attached hydrogens (tertiary/aromatic N) is 2. The van der Waals surface area contributed by atoms with E-state index in [0.717, 1.165) is 24.8 Å². The molecule has 1 aliphatic rings. The highest BCUT2D eigenvalue weighted by Crippen LogP contribution is 2.28. The summed E-state index contributed by atoms with van der Waals surface area (Å²) in [4.78, 5) is 31.6. The Balaban J connectivity index is 1.26. The predicted molar refractivity (Wildman–Crippen MR) is 119 cm³/mol. The lowest BCUT2D eigenvalue weighted by Gasteiger charge is -2.32. The van der Waals surface area contributed by atoms with Crippen molar-refractivity contribution < 1.29 is 14.0 Å².